The minimum Gasteiger partial charge on any atom is -0.193 e. The number of unbranched alkanes of at least 4 members (excludes halogenated alkanes) is 1. The summed E-state index contributed by atoms with van der Waals surface area (Å²) in [6.07, 6.45) is 25.9. The van der Waals surface area contributed by atoms with E-state index in [1.807, 2.05) is 0 Å². The normalized spacial score (nSPS) is 26.7. The molecule has 0 amide bonds. The quantitative estimate of drug-likeness (QED) is 0.259. The van der Waals surface area contributed by atoms with Crippen LogP contribution in [-0.2, 0) is 12.8 Å². The molecule has 0 heterocycles. The Morgan fingerprint density at radius 1 is 0.774 bits per heavy atom. The fraction of sp³-hybridized carbons (Fsp3) is 0.700. The van der Waals surface area contributed by atoms with Crippen LogP contribution in [-0.4, -0.2) is 0 Å². The molecule has 1 aromatic rings. The van der Waals surface area contributed by atoms with Gasteiger partial charge in [0.15, 0.2) is 0 Å². The Balaban J connectivity index is 1.25. The van der Waals surface area contributed by atoms with E-state index in [9.17, 15) is 0 Å². The largest absolute Gasteiger partial charge is 0.193 e. The van der Waals surface area contributed by atoms with E-state index < -0.39 is 0 Å². The molecule has 170 valence electrons. The standard InChI is InChI=1S/C30H45N/c1-2-8-25-12-14-26(15-13-25)10-5-6-11-28-18-22-30(23-19-28)29-20-16-27(17-21-29)9-4-3-7-24-31/h3,7,12-15,27-30H,2,4-6,8-11,16-23H2,1H3/t27-,28-,29-,30-. The second-order valence-electron chi connectivity index (χ2n) is 10.5. The number of aryl methyl sites for hydroxylation is 2. The molecule has 0 atom stereocenters. The fourth-order valence-corrected chi connectivity index (χ4v) is 6.29. The number of hydrogen-bond donors (Lipinski definition) is 0. The molecule has 2 aliphatic rings. The van der Waals surface area contributed by atoms with Crippen molar-refractivity contribution in [2.75, 3.05) is 0 Å². The van der Waals surface area contributed by atoms with Crippen LogP contribution in [0, 0.1) is 35.0 Å². The van der Waals surface area contributed by atoms with Crippen molar-refractivity contribution in [3.63, 3.8) is 0 Å². The molecule has 0 radical (unpaired) electrons. The predicted octanol–water partition coefficient (Wildman–Crippen LogP) is 8.82. The maximum Gasteiger partial charge on any atom is 0.0908 e. The Morgan fingerprint density at radius 2 is 1.32 bits per heavy atom. The minimum atomic E-state index is 0.916. The average Bonchev–Trinajstić information content (AvgIpc) is 2.82. The zero-order valence-electron chi connectivity index (χ0n) is 20.0. The third-order valence-corrected chi connectivity index (χ3v) is 8.27. The Labute approximate surface area is 192 Å². The van der Waals surface area contributed by atoms with Crippen molar-refractivity contribution < 1.29 is 0 Å². The molecule has 2 fully saturated rings. The summed E-state index contributed by atoms with van der Waals surface area (Å²) < 4.78 is 0. The molecule has 1 aromatic carbocycles. The van der Waals surface area contributed by atoms with E-state index in [2.05, 4.69) is 43.3 Å². The SMILES string of the molecule is CCCc1ccc(CCCC[C@H]2CC[C@H]([C@H]3CC[C@H](CCC=CC#N)CC3)CC2)cc1. The smallest absolute Gasteiger partial charge is 0.0908 e. The van der Waals surface area contributed by atoms with Gasteiger partial charge in [-0.3, -0.25) is 0 Å². The lowest BCUT2D eigenvalue weighted by molar-refractivity contribution is 0.140. The second kappa shape index (κ2) is 13.8. The van der Waals surface area contributed by atoms with E-state index >= 15 is 0 Å². The summed E-state index contributed by atoms with van der Waals surface area (Å²) >= 11 is 0. The summed E-state index contributed by atoms with van der Waals surface area (Å²) in [6, 6.07) is 11.5. The Morgan fingerprint density at radius 3 is 1.87 bits per heavy atom. The van der Waals surface area contributed by atoms with E-state index in [-0.39, 0.29) is 0 Å². The number of allylic oxidation sites excluding steroid dienone is 2. The molecule has 2 saturated carbocycles. The lowest BCUT2D eigenvalue weighted by Crippen LogP contribution is -2.25. The summed E-state index contributed by atoms with van der Waals surface area (Å²) in [5, 5.41) is 8.60. The highest BCUT2D eigenvalue weighted by molar-refractivity contribution is 5.22. The second-order valence-corrected chi connectivity index (χ2v) is 10.5. The van der Waals surface area contributed by atoms with Crippen molar-refractivity contribution in [3.05, 3.63) is 47.5 Å². The number of benzene rings is 1. The zero-order chi connectivity index (χ0) is 21.7. The molecule has 0 aromatic heterocycles. The van der Waals surface area contributed by atoms with Crippen LogP contribution in [0.5, 0.6) is 0 Å². The number of nitriles is 1. The van der Waals surface area contributed by atoms with E-state index in [4.69, 9.17) is 5.26 Å². The van der Waals surface area contributed by atoms with Crippen LogP contribution < -0.4 is 0 Å². The maximum absolute atomic E-state index is 8.60. The third kappa shape index (κ3) is 8.48. The molecule has 0 unspecified atom stereocenters. The van der Waals surface area contributed by atoms with Gasteiger partial charge >= 0.3 is 0 Å². The van der Waals surface area contributed by atoms with E-state index in [1.54, 1.807) is 6.08 Å². The van der Waals surface area contributed by atoms with Crippen molar-refractivity contribution in [3.8, 4) is 6.07 Å². The van der Waals surface area contributed by atoms with Crippen LogP contribution >= 0.6 is 0 Å². The van der Waals surface area contributed by atoms with Gasteiger partial charge in [0.1, 0.15) is 0 Å². The fourth-order valence-electron chi connectivity index (χ4n) is 6.29. The van der Waals surface area contributed by atoms with Crippen LogP contribution in [0.1, 0.15) is 108 Å². The van der Waals surface area contributed by atoms with Crippen molar-refractivity contribution in [1.29, 1.82) is 5.26 Å². The van der Waals surface area contributed by atoms with Crippen LogP contribution in [0.25, 0.3) is 0 Å². The van der Waals surface area contributed by atoms with E-state index in [0.717, 1.165) is 30.1 Å². The monoisotopic (exact) mass is 419 g/mol. The number of rotatable bonds is 11. The number of nitrogens with zero attached hydrogens (tertiary/aromatic N) is 1. The maximum atomic E-state index is 8.60. The minimum absolute atomic E-state index is 0.916. The highest BCUT2D eigenvalue weighted by Crippen LogP contribution is 2.43. The average molecular weight is 420 g/mol. The molecule has 0 spiro atoms. The first kappa shape index (κ1) is 24.1. The van der Waals surface area contributed by atoms with Gasteiger partial charge in [-0.25, -0.2) is 0 Å². The highest BCUT2D eigenvalue weighted by atomic mass is 14.4. The first-order valence-electron chi connectivity index (χ1n) is 13.4. The van der Waals surface area contributed by atoms with Crippen molar-refractivity contribution in [1.82, 2.24) is 0 Å². The van der Waals surface area contributed by atoms with Crippen LogP contribution in [0.2, 0.25) is 0 Å². The lowest BCUT2D eigenvalue weighted by Gasteiger charge is -2.38. The Kier molecular flexibility index (Phi) is 10.7. The van der Waals surface area contributed by atoms with E-state index in [1.165, 1.54) is 107 Å². The third-order valence-electron chi connectivity index (χ3n) is 8.27. The van der Waals surface area contributed by atoms with Crippen LogP contribution in [0.15, 0.2) is 36.4 Å². The molecule has 0 bridgehead atoms. The molecule has 1 nitrogen and oxygen atoms in total. The van der Waals surface area contributed by atoms with Gasteiger partial charge in [-0.1, -0.05) is 82.2 Å². The van der Waals surface area contributed by atoms with Gasteiger partial charge < -0.3 is 0 Å². The zero-order valence-corrected chi connectivity index (χ0v) is 20.0. The van der Waals surface area contributed by atoms with Crippen molar-refractivity contribution >= 4 is 0 Å². The van der Waals surface area contributed by atoms with Gasteiger partial charge in [0.2, 0.25) is 0 Å². The first-order chi connectivity index (χ1) is 15.3. The molecule has 3 rings (SSSR count). The van der Waals surface area contributed by atoms with Gasteiger partial charge in [-0.2, -0.15) is 5.26 Å². The number of hydrogen-bond acceptors (Lipinski definition) is 1. The highest BCUT2D eigenvalue weighted by Gasteiger charge is 2.30. The Hall–Kier alpha value is -1.55. The summed E-state index contributed by atoms with van der Waals surface area (Å²) in [5.41, 5.74) is 3.02. The molecular weight excluding hydrogens is 374 g/mol. The van der Waals surface area contributed by atoms with Gasteiger partial charge in [-0.15, -0.1) is 0 Å². The predicted molar refractivity (Wildman–Crippen MR) is 133 cm³/mol. The molecule has 0 N–H and O–H groups in total. The molecule has 2 aliphatic carbocycles. The molecule has 0 saturated heterocycles. The van der Waals surface area contributed by atoms with Gasteiger partial charge in [-0.05, 0) is 92.6 Å². The van der Waals surface area contributed by atoms with Gasteiger partial charge in [0.25, 0.3) is 0 Å². The Bertz CT molecular complexity index is 663. The topological polar surface area (TPSA) is 23.8 Å². The molecule has 1 heteroatoms. The van der Waals surface area contributed by atoms with Crippen LogP contribution in [0.4, 0.5) is 0 Å². The summed E-state index contributed by atoms with van der Waals surface area (Å²) in [6.45, 7) is 2.26. The molecular formula is C30H45N. The summed E-state index contributed by atoms with van der Waals surface area (Å²) in [4.78, 5) is 0. The summed E-state index contributed by atoms with van der Waals surface area (Å²) in [5.74, 6) is 3.96. The summed E-state index contributed by atoms with van der Waals surface area (Å²) in [7, 11) is 0. The first-order valence-corrected chi connectivity index (χ1v) is 13.4. The molecule has 31 heavy (non-hydrogen) atoms. The van der Waals surface area contributed by atoms with Gasteiger partial charge in [0.05, 0.1) is 6.07 Å². The van der Waals surface area contributed by atoms with Gasteiger partial charge in [0, 0.05) is 6.08 Å². The lowest BCUT2D eigenvalue weighted by atomic mass is 9.68. The molecule has 0 aliphatic heterocycles. The van der Waals surface area contributed by atoms with Crippen molar-refractivity contribution in [2.45, 2.75) is 110 Å². The van der Waals surface area contributed by atoms with Crippen molar-refractivity contribution in [2.24, 2.45) is 23.7 Å². The van der Waals surface area contributed by atoms with E-state index in [0.29, 0.717) is 0 Å². The van der Waals surface area contributed by atoms with Crippen LogP contribution in [0.3, 0.4) is 0 Å².